The third-order valence-electron chi connectivity index (χ3n) is 3.44. The van der Waals surface area contributed by atoms with Gasteiger partial charge in [-0.25, -0.2) is 4.98 Å². The number of nitriles is 1. The molecule has 100 valence electrons. The van der Waals surface area contributed by atoms with E-state index < -0.39 is 0 Å². The molecule has 0 saturated carbocycles. The van der Waals surface area contributed by atoms with Gasteiger partial charge in [-0.05, 0) is 37.0 Å². The maximum atomic E-state index is 11.9. The Morgan fingerprint density at radius 3 is 2.67 bits per heavy atom. The minimum atomic E-state index is 0.0721. The van der Waals surface area contributed by atoms with E-state index in [1.54, 1.807) is 6.07 Å². The van der Waals surface area contributed by atoms with Gasteiger partial charge in [-0.1, -0.05) is 24.1 Å². The fourth-order valence-electron chi connectivity index (χ4n) is 2.37. The van der Waals surface area contributed by atoms with Crippen molar-refractivity contribution in [3.05, 3.63) is 64.5 Å². The van der Waals surface area contributed by atoms with Crippen molar-refractivity contribution in [2.24, 2.45) is 0 Å². The van der Waals surface area contributed by atoms with Crippen LogP contribution in [0.4, 0.5) is 0 Å². The van der Waals surface area contributed by atoms with Gasteiger partial charge in [-0.2, -0.15) is 5.26 Å². The molecule has 0 atom stereocenters. The van der Waals surface area contributed by atoms with E-state index in [1.807, 2.05) is 30.3 Å². The number of hydrogen-bond acceptors (Lipinski definition) is 3. The number of benzene rings is 1. The summed E-state index contributed by atoms with van der Waals surface area (Å²) in [7, 11) is 0. The highest BCUT2D eigenvalue weighted by Crippen LogP contribution is 2.21. The van der Waals surface area contributed by atoms with Crippen molar-refractivity contribution in [3.63, 3.8) is 0 Å². The summed E-state index contributed by atoms with van der Waals surface area (Å²) in [6, 6.07) is 13.3. The molecule has 1 aliphatic rings. The molecule has 3 nitrogen and oxygen atoms in total. The van der Waals surface area contributed by atoms with Crippen LogP contribution in [0.1, 0.15) is 45.7 Å². The SMILES string of the molecule is N#Cc1cc2c(nc1C#Cc1ccccc1)CCCC2=O. The van der Waals surface area contributed by atoms with Crippen LogP contribution in [0.25, 0.3) is 0 Å². The molecule has 0 radical (unpaired) electrons. The van der Waals surface area contributed by atoms with E-state index in [-0.39, 0.29) is 5.78 Å². The van der Waals surface area contributed by atoms with Gasteiger partial charge in [0.15, 0.2) is 5.78 Å². The Bertz CT molecular complexity index is 805. The maximum Gasteiger partial charge on any atom is 0.164 e. The molecule has 21 heavy (non-hydrogen) atoms. The number of aromatic nitrogens is 1. The van der Waals surface area contributed by atoms with Gasteiger partial charge in [0, 0.05) is 17.5 Å². The Kier molecular flexibility index (Phi) is 3.50. The molecule has 2 aromatic rings. The minimum Gasteiger partial charge on any atom is -0.294 e. The second kappa shape index (κ2) is 5.61. The average molecular weight is 272 g/mol. The smallest absolute Gasteiger partial charge is 0.164 e. The van der Waals surface area contributed by atoms with E-state index in [9.17, 15) is 10.1 Å². The molecule has 3 heteroatoms. The van der Waals surface area contributed by atoms with Crippen LogP contribution in [-0.2, 0) is 6.42 Å². The molecule has 0 spiro atoms. The number of carbonyl (C=O) groups is 1. The lowest BCUT2D eigenvalue weighted by molar-refractivity contribution is 0.0971. The van der Waals surface area contributed by atoms with Crippen LogP contribution in [-0.4, -0.2) is 10.8 Å². The predicted molar refractivity (Wildman–Crippen MR) is 78.6 cm³/mol. The quantitative estimate of drug-likeness (QED) is 0.693. The number of Topliss-reactive ketones (excluding diaryl/α,β-unsaturated/α-hetero) is 1. The predicted octanol–water partition coefficient (Wildman–Crippen LogP) is 2.87. The van der Waals surface area contributed by atoms with E-state index in [2.05, 4.69) is 22.9 Å². The third kappa shape index (κ3) is 2.68. The lowest BCUT2D eigenvalue weighted by Gasteiger charge is -2.14. The van der Waals surface area contributed by atoms with Gasteiger partial charge in [0.25, 0.3) is 0 Å². The summed E-state index contributed by atoms with van der Waals surface area (Å²) >= 11 is 0. The summed E-state index contributed by atoms with van der Waals surface area (Å²) in [4.78, 5) is 16.3. The van der Waals surface area contributed by atoms with Crippen molar-refractivity contribution in [1.82, 2.24) is 4.98 Å². The number of pyridine rings is 1. The molecule has 3 rings (SSSR count). The van der Waals surface area contributed by atoms with Crippen molar-refractivity contribution < 1.29 is 4.79 Å². The number of hydrogen-bond donors (Lipinski definition) is 0. The third-order valence-corrected chi connectivity index (χ3v) is 3.44. The zero-order valence-electron chi connectivity index (χ0n) is 11.4. The summed E-state index contributed by atoms with van der Waals surface area (Å²) in [6.07, 6.45) is 2.12. The number of nitrogens with zero attached hydrogens (tertiary/aromatic N) is 2. The Balaban J connectivity index is 2.06. The monoisotopic (exact) mass is 272 g/mol. The van der Waals surface area contributed by atoms with Crippen LogP contribution in [0.15, 0.2) is 36.4 Å². The Morgan fingerprint density at radius 1 is 1.10 bits per heavy atom. The van der Waals surface area contributed by atoms with Crippen molar-refractivity contribution in [2.75, 3.05) is 0 Å². The lowest BCUT2D eigenvalue weighted by Crippen LogP contribution is -2.14. The normalized spacial score (nSPS) is 12.8. The van der Waals surface area contributed by atoms with Crippen LogP contribution in [0.5, 0.6) is 0 Å². The Hall–Kier alpha value is -2.91. The van der Waals surface area contributed by atoms with E-state index in [1.165, 1.54) is 0 Å². The fourth-order valence-corrected chi connectivity index (χ4v) is 2.37. The highest BCUT2D eigenvalue weighted by atomic mass is 16.1. The molecule has 0 N–H and O–H groups in total. The van der Waals surface area contributed by atoms with E-state index in [4.69, 9.17) is 0 Å². The molecular weight excluding hydrogens is 260 g/mol. The highest BCUT2D eigenvalue weighted by Gasteiger charge is 2.20. The van der Waals surface area contributed by atoms with E-state index in [0.29, 0.717) is 23.2 Å². The summed E-state index contributed by atoms with van der Waals surface area (Å²) in [5.41, 5.74) is 3.05. The Morgan fingerprint density at radius 2 is 1.90 bits per heavy atom. The van der Waals surface area contributed by atoms with Crippen molar-refractivity contribution in [1.29, 1.82) is 5.26 Å². The van der Waals surface area contributed by atoms with Crippen molar-refractivity contribution in [2.45, 2.75) is 19.3 Å². The molecule has 0 fully saturated rings. The molecule has 0 saturated heterocycles. The first kappa shape index (κ1) is 13.1. The minimum absolute atomic E-state index is 0.0721. The molecule has 0 bridgehead atoms. The Labute approximate surface area is 123 Å². The zero-order valence-corrected chi connectivity index (χ0v) is 11.4. The first-order valence-corrected chi connectivity index (χ1v) is 6.82. The fraction of sp³-hybridized carbons (Fsp3) is 0.167. The van der Waals surface area contributed by atoms with E-state index in [0.717, 1.165) is 24.1 Å². The maximum absolute atomic E-state index is 11.9. The number of aryl methyl sites for hydroxylation is 1. The van der Waals surface area contributed by atoms with Gasteiger partial charge < -0.3 is 0 Å². The second-order valence-electron chi connectivity index (χ2n) is 4.88. The summed E-state index contributed by atoms with van der Waals surface area (Å²) < 4.78 is 0. The molecular formula is C18H12N2O. The van der Waals surface area contributed by atoms with Crippen molar-refractivity contribution in [3.8, 4) is 17.9 Å². The molecule has 1 aromatic heterocycles. The average Bonchev–Trinajstić information content (AvgIpc) is 2.53. The lowest BCUT2D eigenvalue weighted by atomic mass is 9.93. The van der Waals surface area contributed by atoms with Gasteiger partial charge in [0.2, 0.25) is 0 Å². The first-order valence-electron chi connectivity index (χ1n) is 6.82. The highest BCUT2D eigenvalue weighted by molar-refractivity contribution is 5.98. The van der Waals surface area contributed by atoms with Gasteiger partial charge in [0.05, 0.1) is 11.3 Å². The molecule has 1 aliphatic carbocycles. The zero-order chi connectivity index (χ0) is 14.7. The van der Waals surface area contributed by atoms with Gasteiger partial charge in [-0.15, -0.1) is 0 Å². The summed E-state index contributed by atoms with van der Waals surface area (Å²) in [5, 5.41) is 9.23. The summed E-state index contributed by atoms with van der Waals surface area (Å²) in [5.74, 6) is 6.03. The van der Waals surface area contributed by atoms with Crippen LogP contribution < -0.4 is 0 Å². The van der Waals surface area contributed by atoms with Crippen LogP contribution in [0, 0.1) is 23.2 Å². The number of rotatable bonds is 0. The van der Waals surface area contributed by atoms with Crippen LogP contribution in [0.3, 0.4) is 0 Å². The number of fused-ring (bicyclic) bond motifs is 1. The first-order chi connectivity index (χ1) is 10.3. The van der Waals surface area contributed by atoms with Gasteiger partial charge >= 0.3 is 0 Å². The summed E-state index contributed by atoms with van der Waals surface area (Å²) in [6.45, 7) is 0. The van der Waals surface area contributed by atoms with Crippen molar-refractivity contribution >= 4 is 5.78 Å². The van der Waals surface area contributed by atoms with Crippen LogP contribution >= 0.6 is 0 Å². The van der Waals surface area contributed by atoms with E-state index >= 15 is 0 Å². The molecule has 0 unspecified atom stereocenters. The molecule has 1 aromatic carbocycles. The van der Waals surface area contributed by atoms with Crippen LogP contribution in [0.2, 0.25) is 0 Å². The van der Waals surface area contributed by atoms with Gasteiger partial charge in [-0.3, -0.25) is 4.79 Å². The molecule has 0 aliphatic heterocycles. The largest absolute Gasteiger partial charge is 0.294 e. The molecule has 1 heterocycles. The second-order valence-corrected chi connectivity index (χ2v) is 4.88. The molecule has 0 amide bonds. The standard InChI is InChI=1S/C18H12N2O/c19-12-14-11-15-17(7-4-8-18(15)21)20-16(14)10-9-13-5-2-1-3-6-13/h1-3,5-6,11H,4,7-8H2. The van der Waals surface area contributed by atoms with Gasteiger partial charge in [0.1, 0.15) is 11.8 Å². The topological polar surface area (TPSA) is 53.8 Å². The number of ketones is 1. The number of carbonyl (C=O) groups excluding carboxylic acids is 1.